The van der Waals surface area contributed by atoms with Crippen LogP contribution >= 0.6 is 0 Å². The van der Waals surface area contributed by atoms with E-state index in [2.05, 4.69) is 15.4 Å². The molecule has 2 aromatic heterocycles. The second-order valence-corrected chi connectivity index (χ2v) is 5.55. The van der Waals surface area contributed by atoms with Crippen molar-refractivity contribution in [2.75, 3.05) is 12.4 Å². The Morgan fingerprint density at radius 2 is 2.00 bits per heavy atom. The molecule has 0 spiro atoms. The number of aromatic nitrogens is 3. The molecule has 1 aliphatic rings. The summed E-state index contributed by atoms with van der Waals surface area (Å²) in [5.41, 5.74) is 0.969. The second-order valence-electron chi connectivity index (χ2n) is 5.55. The molecule has 8 nitrogen and oxygen atoms in total. The van der Waals surface area contributed by atoms with E-state index >= 15 is 0 Å². The number of hydrogen-bond acceptors (Lipinski definition) is 7. The summed E-state index contributed by atoms with van der Waals surface area (Å²) in [6.45, 7) is 0. The molecular weight excluding hydrogens is 336 g/mol. The number of hydrogen-bond donors (Lipinski definition) is 1. The lowest BCUT2D eigenvalue weighted by Gasteiger charge is -2.28. The van der Waals surface area contributed by atoms with Gasteiger partial charge in [0.05, 0.1) is 18.9 Å². The van der Waals surface area contributed by atoms with Gasteiger partial charge in [0, 0.05) is 0 Å². The molecular formula is C18H14N4O4. The van der Waals surface area contributed by atoms with Gasteiger partial charge in [-0.3, -0.25) is 4.79 Å². The van der Waals surface area contributed by atoms with E-state index in [4.69, 9.17) is 9.15 Å². The predicted octanol–water partition coefficient (Wildman–Crippen LogP) is 2.20. The number of carbonyl (C=O) groups excluding carboxylic acids is 2. The molecule has 0 aliphatic carbocycles. The first-order valence-electron chi connectivity index (χ1n) is 7.83. The molecule has 4 rings (SSSR count). The van der Waals surface area contributed by atoms with Crippen molar-refractivity contribution in [1.29, 1.82) is 0 Å². The summed E-state index contributed by atoms with van der Waals surface area (Å²) in [5, 5.41) is 7.07. The summed E-state index contributed by atoms with van der Waals surface area (Å²) in [5.74, 6) is -0.643. The van der Waals surface area contributed by atoms with Crippen LogP contribution in [-0.4, -0.2) is 33.6 Å². The predicted molar refractivity (Wildman–Crippen MR) is 90.3 cm³/mol. The minimum Gasteiger partial charge on any atom is -0.464 e. The summed E-state index contributed by atoms with van der Waals surface area (Å²) in [6.07, 6.45) is 2.76. The maximum absolute atomic E-state index is 13.1. The van der Waals surface area contributed by atoms with E-state index in [9.17, 15) is 9.59 Å². The SMILES string of the molecule is COC(=O)C1=C(C(=O)c2ccco2)C(c2ccccc2)n2ncnc2N1. The molecule has 0 radical (unpaired) electrons. The first-order valence-corrected chi connectivity index (χ1v) is 7.83. The molecule has 1 N–H and O–H groups in total. The highest BCUT2D eigenvalue weighted by Crippen LogP contribution is 2.36. The number of fused-ring (bicyclic) bond motifs is 1. The van der Waals surface area contributed by atoms with Gasteiger partial charge in [0.2, 0.25) is 11.7 Å². The Balaban J connectivity index is 1.96. The maximum Gasteiger partial charge on any atom is 0.355 e. The lowest BCUT2D eigenvalue weighted by molar-refractivity contribution is -0.136. The minimum absolute atomic E-state index is 0.0169. The number of nitrogens with zero attached hydrogens (tertiary/aromatic N) is 3. The molecule has 3 heterocycles. The highest BCUT2D eigenvalue weighted by molar-refractivity contribution is 6.13. The van der Waals surface area contributed by atoms with E-state index in [1.54, 1.807) is 16.8 Å². The molecule has 0 saturated carbocycles. The van der Waals surface area contributed by atoms with Crippen LogP contribution in [0.1, 0.15) is 22.2 Å². The Kier molecular flexibility index (Phi) is 3.85. The van der Waals surface area contributed by atoms with Crippen molar-refractivity contribution in [3.05, 3.63) is 77.6 Å². The van der Waals surface area contributed by atoms with Crippen LogP contribution in [0, 0.1) is 0 Å². The van der Waals surface area contributed by atoms with Gasteiger partial charge in [0.15, 0.2) is 5.76 Å². The average molecular weight is 350 g/mol. The van der Waals surface area contributed by atoms with E-state index in [-0.39, 0.29) is 17.0 Å². The highest BCUT2D eigenvalue weighted by atomic mass is 16.5. The van der Waals surface area contributed by atoms with Gasteiger partial charge in [-0.2, -0.15) is 10.1 Å². The summed E-state index contributed by atoms with van der Waals surface area (Å²) in [6, 6.07) is 11.8. The summed E-state index contributed by atoms with van der Waals surface area (Å²) in [4.78, 5) is 29.6. The van der Waals surface area contributed by atoms with E-state index in [1.165, 1.54) is 19.7 Å². The number of esters is 1. The fourth-order valence-corrected chi connectivity index (χ4v) is 2.95. The fourth-order valence-electron chi connectivity index (χ4n) is 2.95. The third-order valence-corrected chi connectivity index (χ3v) is 4.09. The van der Waals surface area contributed by atoms with Gasteiger partial charge in [-0.1, -0.05) is 30.3 Å². The number of allylic oxidation sites excluding steroid dienone is 1. The lowest BCUT2D eigenvalue weighted by Crippen LogP contribution is -2.32. The van der Waals surface area contributed by atoms with Crippen LogP contribution in [0.4, 0.5) is 5.95 Å². The monoisotopic (exact) mass is 350 g/mol. The van der Waals surface area contributed by atoms with Crippen molar-refractivity contribution in [3.63, 3.8) is 0 Å². The van der Waals surface area contributed by atoms with Crippen molar-refractivity contribution in [1.82, 2.24) is 14.8 Å². The van der Waals surface area contributed by atoms with Gasteiger partial charge in [-0.05, 0) is 17.7 Å². The summed E-state index contributed by atoms with van der Waals surface area (Å²) >= 11 is 0. The molecule has 26 heavy (non-hydrogen) atoms. The number of ketones is 1. The minimum atomic E-state index is -0.671. The number of benzene rings is 1. The Morgan fingerprint density at radius 1 is 1.19 bits per heavy atom. The van der Waals surface area contributed by atoms with Crippen LogP contribution < -0.4 is 5.32 Å². The normalized spacial score (nSPS) is 16.0. The zero-order valence-electron chi connectivity index (χ0n) is 13.7. The maximum atomic E-state index is 13.1. The topological polar surface area (TPSA) is 99.3 Å². The largest absolute Gasteiger partial charge is 0.464 e. The third kappa shape index (κ3) is 2.48. The number of methoxy groups -OCH3 is 1. The van der Waals surface area contributed by atoms with Crippen molar-refractivity contribution >= 4 is 17.7 Å². The van der Waals surface area contributed by atoms with Gasteiger partial charge in [-0.25, -0.2) is 9.48 Å². The van der Waals surface area contributed by atoms with Gasteiger partial charge < -0.3 is 14.5 Å². The van der Waals surface area contributed by atoms with Crippen LogP contribution in [0.25, 0.3) is 0 Å². The molecule has 3 aromatic rings. The Labute approximate surface area is 148 Å². The number of ether oxygens (including phenoxy) is 1. The molecule has 0 saturated heterocycles. The number of anilines is 1. The van der Waals surface area contributed by atoms with Crippen molar-refractivity contribution in [2.24, 2.45) is 0 Å². The first kappa shape index (κ1) is 15.8. The summed E-state index contributed by atoms with van der Waals surface area (Å²) < 4.78 is 11.7. The second kappa shape index (κ2) is 6.32. The van der Waals surface area contributed by atoms with Gasteiger partial charge >= 0.3 is 5.97 Å². The van der Waals surface area contributed by atoms with E-state index in [0.717, 1.165) is 5.56 Å². The van der Waals surface area contributed by atoms with Crippen molar-refractivity contribution in [3.8, 4) is 0 Å². The van der Waals surface area contributed by atoms with Crippen LogP contribution in [0.3, 0.4) is 0 Å². The molecule has 0 bridgehead atoms. The zero-order valence-corrected chi connectivity index (χ0v) is 13.7. The number of Topliss-reactive ketones (excluding diaryl/α,β-unsaturated/α-hetero) is 1. The van der Waals surface area contributed by atoms with Gasteiger partial charge in [-0.15, -0.1) is 0 Å². The fraction of sp³-hybridized carbons (Fsp3) is 0.111. The molecule has 1 atom stereocenters. The van der Waals surface area contributed by atoms with Crippen LogP contribution in [0.5, 0.6) is 0 Å². The lowest BCUT2D eigenvalue weighted by atomic mass is 9.91. The number of furan rings is 1. The van der Waals surface area contributed by atoms with Gasteiger partial charge in [0.25, 0.3) is 0 Å². The molecule has 130 valence electrons. The molecule has 1 aliphatic heterocycles. The number of carbonyl (C=O) groups is 2. The van der Waals surface area contributed by atoms with Crippen LogP contribution in [0.15, 0.2) is 70.7 Å². The Bertz CT molecular complexity index is 989. The summed E-state index contributed by atoms with van der Waals surface area (Å²) in [7, 11) is 1.25. The van der Waals surface area contributed by atoms with E-state index in [1.807, 2.05) is 30.3 Å². The number of rotatable bonds is 4. The molecule has 0 fully saturated rings. The smallest absolute Gasteiger partial charge is 0.355 e. The highest BCUT2D eigenvalue weighted by Gasteiger charge is 2.38. The molecule has 0 amide bonds. The Morgan fingerprint density at radius 3 is 2.69 bits per heavy atom. The first-order chi connectivity index (χ1) is 12.7. The van der Waals surface area contributed by atoms with Crippen LogP contribution in [0.2, 0.25) is 0 Å². The van der Waals surface area contributed by atoms with E-state index in [0.29, 0.717) is 5.95 Å². The van der Waals surface area contributed by atoms with Crippen molar-refractivity contribution in [2.45, 2.75) is 6.04 Å². The number of nitrogens with one attached hydrogen (secondary N) is 1. The molecule has 1 unspecified atom stereocenters. The standard InChI is InChI=1S/C18H14N4O4/c1-25-17(24)14-13(16(23)12-8-5-9-26-12)15(11-6-3-2-4-7-11)22-18(21-14)19-10-20-22/h2-10,15H,1H3,(H,19,20,21). The Hall–Kier alpha value is -3.68. The molecule has 1 aromatic carbocycles. The van der Waals surface area contributed by atoms with Gasteiger partial charge in [0.1, 0.15) is 18.1 Å². The third-order valence-electron chi connectivity index (χ3n) is 4.09. The van der Waals surface area contributed by atoms with Crippen molar-refractivity contribution < 1.29 is 18.7 Å². The quantitative estimate of drug-likeness (QED) is 0.569. The average Bonchev–Trinajstić information content (AvgIpc) is 3.37. The van der Waals surface area contributed by atoms with Crippen LogP contribution in [-0.2, 0) is 9.53 Å². The van der Waals surface area contributed by atoms with E-state index < -0.39 is 17.8 Å². The molecule has 8 heteroatoms. The zero-order chi connectivity index (χ0) is 18.1.